The Bertz CT molecular complexity index is 3240. The number of hydrogen-bond donors (Lipinski definition) is 0. The van der Waals surface area contributed by atoms with Crippen LogP contribution in [0.1, 0.15) is 0 Å². The molecule has 0 atom stereocenters. The maximum Gasteiger partial charge on any atom is 0.160 e. The van der Waals surface area contributed by atoms with Crippen molar-refractivity contribution in [2.45, 2.75) is 0 Å². The Kier molecular flexibility index (Phi) is 8.11. The molecule has 0 N–H and O–H groups in total. The van der Waals surface area contributed by atoms with E-state index in [9.17, 15) is 0 Å². The molecular formula is C54H35N3O. The van der Waals surface area contributed by atoms with E-state index in [-0.39, 0.29) is 0 Å². The normalized spacial score (nSPS) is 11.4. The van der Waals surface area contributed by atoms with Crippen LogP contribution < -0.4 is 4.90 Å². The zero-order valence-electron chi connectivity index (χ0n) is 31.5. The fourth-order valence-electron chi connectivity index (χ4n) is 8.34. The fourth-order valence-corrected chi connectivity index (χ4v) is 8.34. The minimum Gasteiger partial charge on any atom is -0.456 e. The van der Waals surface area contributed by atoms with Gasteiger partial charge < -0.3 is 9.32 Å². The Balaban J connectivity index is 1.15. The van der Waals surface area contributed by atoms with Gasteiger partial charge in [-0.2, -0.15) is 0 Å². The summed E-state index contributed by atoms with van der Waals surface area (Å²) in [5.41, 5.74) is 11.9. The number of fused-ring (bicyclic) bond motifs is 5. The van der Waals surface area contributed by atoms with Gasteiger partial charge in [0.05, 0.1) is 17.1 Å². The van der Waals surface area contributed by atoms with Crippen LogP contribution in [0.2, 0.25) is 0 Å². The van der Waals surface area contributed by atoms with Crippen molar-refractivity contribution in [1.82, 2.24) is 9.97 Å². The van der Waals surface area contributed by atoms with Gasteiger partial charge in [0.15, 0.2) is 5.82 Å². The number of para-hydroxylation sites is 3. The smallest absolute Gasteiger partial charge is 0.160 e. The Hall–Kier alpha value is -7.82. The predicted molar refractivity (Wildman–Crippen MR) is 241 cm³/mol. The van der Waals surface area contributed by atoms with Crippen molar-refractivity contribution >= 4 is 60.5 Å². The minimum absolute atomic E-state index is 0.690. The topological polar surface area (TPSA) is 42.2 Å². The van der Waals surface area contributed by atoms with Crippen LogP contribution in [0.5, 0.6) is 0 Å². The van der Waals surface area contributed by atoms with Crippen LogP contribution in [0.25, 0.3) is 88.5 Å². The number of anilines is 3. The van der Waals surface area contributed by atoms with Crippen molar-refractivity contribution in [3.05, 3.63) is 212 Å². The number of hydrogen-bond acceptors (Lipinski definition) is 4. The highest BCUT2D eigenvalue weighted by atomic mass is 16.3. The lowest BCUT2D eigenvalue weighted by molar-refractivity contribution is 0.669. The molecule has 11 rings (SSSR count). The minimum atomic E-state index is 0.690. The molecule has 11 aromatic rings. The first-order valence-corrected chi connectivity index (χ1v) is 19.6. The van der Waals surface area contributed by atoms with E-state index in [4.69, 9.17) is 14.4 Å². The highest BCUT2D eigenvalue weighted by molar-refractivity contribution is 6.17. The third kappa shape index (κ3) is 5.87. The molecule has 272 valence electrons. The quantitative estimate of drug-likeness (QED) is 0.163. The number of nitrogens with zero attached hydrogens (tertiary/aromatic N) is 3. The lowest BCUT2D eigenvalue weighted by Crippen LogP contribution is -2.09. The van der Waals surface area contributed by atoms with Crippen molar-refractivity contribution in [2.75, 3.05) is 4.90 Å². The van der Waals surface area contributed by atoms with Gasteiger partial charge in [0.1, 0.15) is 11.2 Å². The molecule has 0 saturated heterocycles. The summed E-state index contributed by atoms with van der Waals surface area (Å²) in [7, 11) is 0. The monoisotopic (exact) mass is 741 g/mol. The molecule has 0 bridgehead atoms. The number of aromatic nitrogens is 2. The van der Waals surface area contributed by atoms with Crippen LogP contribution in [0.15, 0.2) is 217 Å². The van der Waals surface area contributed by atoms with Crippen molar-refractivity contribution in [3.63, 3.8) is 0 Å². The van der Waals surface area contributed by atoms with Crippen LogP contribution in [-0.2, 0) is 0 Å². The molecule has 58 heavy (non-hydrogen) atoms. The van der Waals surface area contributed by atoms with E-state index >= 15 is 0 Å². The fraction of sp³-hybridized carbons (Fsp3) is 0. The van der Waals surface area contributed by atoms with Gasteiger partial charge in [0.2, 0.25) is 0 Å². The van der Waals surface area contributed by atoms with Crippen LogP contribution >= 0.6 is 0 Å². The van der Waals surface area contributed by atoms with Gasteiger partial charge in [-0.05, 0) is 81.2 Å². The molecule has 0 aliphatic carbocycles. The Morgan fingerprint density at radius 2 is 0.931 bits per heavy atom. The van der Waals surface area contributed by atoms with Gasteiger partial charge >= 0.3 is 0 Å². The van der Waals surface area contributed by atoms with E-state index in [2.05, 4.69) is 193 Å². The number of furan rings is 1. The van der Waals surface area contributed by atoms with Gasteiger partial charge in [0.25, 0.3) is 0 Å². The molecule has 0 aliphatic rings. The van der Waals surface area contributed by atoms with E-state index in [1.807, 2.05) is 24.3 Å². The Labute approximate surface area is 335 Å². The Morgan fingerprint density at radius 1 is 0.345 bits per heavy atom. The molecule has 0 spiro atoms. The first-order chi connectivity index (χ1) is 28.7. The third-order valence-corrected chi connectivity index (χ3v) is 11.0. The van der Waals surface area contributed by atoms with Crippen molar-refractivity contribution < 1.29 is 4.42 Å². The molecule has 2 aromatic heterocycles. The van der Waals surface area contributed by atoms with Crippen LogP contribution in [0, 0.1) is 0 Å². The molecule has 4 nitrogen and oxygen atoms in total. The van der Waals surface area contributed by atoms with Crippen molar-refractivity contribution in [3.8, 4) is 45.0 Å². The maximum atomic E-state index is 6.68. The summed E-state index contributed by atoms with van der Waals surface area (Å²) in [5.74, 6) is 0.690. The summed E-state index contributed by atoms with van der Waals surface area (Å²) < 4.78 is 6.68. The molecule has 0 unspecified atom stereocenters. The second-order valence-corrected chi connectivity index (χ2v) is 14.6. The summed E-state index contributed by atoms with van der Waals surface area (Å²) >= 11 is 0. The van der Waals surface area contributed by atoms with Gasteiger partial charge in [0, 0.05) is 44.9 Å². The summed E-state index contributed by atoms with van der Waals surface area (Å²) in [6, 6.07) is 74.4. The van der Waals surface area contributed by atoms with Crippen molar-refractivity contribution in [1.29, 1.82) is 0 Å². The predicted octanol–water partition coefficient (Wildman–Crippen LogP) is 14.8. The van der Waals surface area contributed by atoms with Crippen molar-refractivity contribution in [2.24, 2.45) is 0 Å². The molecule has 0 saturated carbocycles. The molecule has 2 heterocycles. The molecule has 9 aromatic carbocycles. The summed E-state index contributed by atoms with van der Waals surface area (Å²) in [6.45, 7) is 0. The molecule has 0 radical (unpaired) electrons. The summed E-state index contributed by atoms with van der Waals surface area (Å²) in [4.78, 5) is 12.7. The lowest BCUT2D eigenvalue weighted by Gasteiger charge is -2.26. The average molecular weight is 742 g/mol. The number of benzene rings is 9. The lowest BCUT2D eigenvalue weighted by atomic mass is 9.90. The first-order valence-electron chi connectivity index (χ1n) is 19.6. The van der Waals surface area contributed by atoms with Crippen LogP contribution in [-0.4, -0.2) is 9.97 Å². The standard InChI is InChI=1S/C54H35N3O/c1-4-17-37(18-5-1)54-55-49(39-29-28-36-16-10-11-19-38(36)32-39)35-50(56-54)46-31-30-45(43-24-12-13-25-44(43)46)48-33-42(34-52-53(48)47-26-14-15-27-51(47)58-52)57(40-20-6-2-7-21-40)41-22-8-3-9-23-41/h1-35H. The van der Waals surface area contributed by atoms with E-state index in [0.717, 1.165) is 89.0 Å². The zero-order chi connectivity index (χ0) is 38.4. The molecule has 0 amide bonds. The summed E-state index contributed by atoms with van der Waals surface area (Å²) in [6.07, 6.45) is 0. The first kappa shape index (κ1) is 33.5. The average Bonchev–Trinajstić information content (AvgIpc) is 3.68. The van der Waals surface area contributed by atoms with E-state index in [1.54, 1.807) is 0 Å². The van der Waals surface area contributed by atoms with Gasteiger partial charge in [-0.1, -0.05) is 158 Å². The molecule has 0 fully saturated rings. The highest BCUT2D eigenvalue weighted by Crippen LogP contribution is 2.46. The second kappa shape index (κ2) is 14.0. The largest absolute Gasteiger partial charge is 0.456 e. The molecule has 4 heteroatoms. The zero-order valence-corrected chi connectivity index (χ0v) is 31.5. The van der Waals surface area contributed by atoms with Gasteiger partial charge in [-0.3, -0.25) is 0 Å². The SMILES string of the molecule is c1ccc(-c2nc(-c3ccc4ccccc4c3)cc(-c3ccc(-c4cc(N(c5ccccc5)c5ccccc5)cc5oc6ccccc6c45)c4ccccc34)n2)cc1. The molecule has 0 aliphatic heterocycles. The number of rotatable bonds is 7. The van der Waals surface area contributed by atoms with E-state index < -0.39 is 0 Å². The highest BCUT2D eigenvalue weighted by Gasteiger charge is 2.22. The maximum absolute atomic E-state index is 6.68. The van der Waals surface area contributed by atoms with E-state index in [0.29, 0.717) is 5.82 Å². The third-order valence-electron chi connectivity index (χ3n) is 11.0. The van der Waals surface area contributed by atoms with Crippen LogP contribution in [0.3, 0.4) is 0 Å². The van der Waals surface area contributed by atoms with E-state index in [1.165, 1.54) is 10.8 Å². The summed E-state index contributed by atoms with van der Waals surface area (Å²) in [5, 5.41) is 6.78. The Morgan fingerprint density at radius 3 is 1.67 bits per heavy atom. The van der Waals surface area contributed by atoms with Crippen LogP contribution in [0.4, 0.5) is 17.1 Å². The van der Waals surface area contributed by atoms with Gasteiger partial charge in [-0.15, -0.1) is 0 Å². The molecular weight excluding hydrogens is 707 g/mol. The van der Waals surface area contributed by atoms with Gasteiger partial charge in [-0.25, -0.2) is 9.97 Å². The second-order valence-electron chi connectivity index (χ2n) is 14.6.